The molecule has 28 heavy (non-hydrogen) atoms. The number of ether oxygens (including phenoxy) is 2. The number of thioether (sulfide) groups is 1. The molecule has 0 bridgehead atoms. The third-order valence-electron chi connectivity index (χ3n) is 4.18. The van der Waals surface area contributed by atoms with E-state index in [9.17, 15) is 9.59 Å². The summed E-state index contributed by atoms with van der Waals surface area (Å²) in [5.41, 5.74) is 2.77. The number of rotatable bonds is 7. The Morgan fingerprint density at radius 2 is 1.82 bits per heavy atom. The topological polar surface area (TPSA) is 55.8 Å². The molecule has 0 unspecified atom stereocenters. The van der Waals surface area contributed by atoms with E-state index in [4.69, 9.17) is 9.47 Å². The number of benzene rings is 2. The summed E-state index contributed by atoms with van der Waals surface area (Å²) in [7, 11) is 0. The number of imide groups is 1. The molecule has 5 nitrogen and oxygen atoms in total. The van der Waals surface area contributed by atoms with Crippen molar-refractivity contribution in [2.75, 3.05) is 13.2 Å². The summed E-state index contributed by atoms with van der Waals surface area (Å²) in [6.45, 7) is 7.11. The van der Waals surface area contributed by atoms with E-state index in [1.807, 2.05) is 57.2 Å². The predicted octanol–water partition coefficient (Wildman–Crippen LogP) is 5.03. The first kappa shape index (κ1) is 20.0. The lowest BCUT2D eigenvalue weighted by Gasteiger charge is -2.13. The molecule has 0 aliphatic carbocycles. The van der Waals surface area contributed by atoms with Crippen LogP contribution >= 0.6 is 11.8 Å². The number of carbonyl (C=O) groups excluding carboxylic acids is 2. The van der Waals surface area contributed by atoms with E-state index in [1.165, 1.54) is 4.90 Å². The number of nitrogens with zero attached hydrogens (tertiary/aromatic N) is 1. The van der Waals surface area contributed by atoms with Crippen LogP contribution in [0.5, 0.6) is 11.5 Å². The molecular formula is C22H23NO4S. The molecule has 0 atom stereocenters. The Balaban J connectivity index is 1.85. The third kappa shape index (κ3) is 4.57. The van der Waals surface area contributed by atoms with E-state index >= 15 is 0 Å². The summed E-state index contributed by atoms with van der Waals surface area (Å²) in [4.78, 5) is 26.9. The summed E-state index contributed by atoms with van der Waals surface area (Å²) in [5.74, 6) is 1.04. The molecule has 0 radical (unpaired) electrons. The lowest BCUT2D eigenvalue weighted by molar-refractivity contribution is -0.123. The molecule has 1 aliphatic rings. The van der Waals surface area contributed by atoms with E-state index < -0.39 is 0 Å². The van der Waals surface area contributed by atoms with Gasteiger partial charge in [0.05, 0.1) is 24.7 Å². The second-order valence-corrected chi connectivity index (χ2v) is 7.32. The van der Waals surface area contributed by atoms with Crippen LogP contribution in [0.15, 0.2) is 47.4 Å². The van der Waals surface area contributed by atoms with E-state index in [0.717, 1.165) is 28.5 Å². The standard InChI is InChI=1S/C22H23NO4S/c1-4-26-18-10-9-17(19(13-18)27-5-2)12-20-21(24)23(22(25)28-20)14-16-8-6-7-15(3)11-16/h6-13H,4-5,14H2,1-3H3/b20-12-. The molecule has 1 aliphatic heterocycles. The largest absolute Gasteiger partial charge is 0.494 e. The van der Waals surface area contributed by atoms with Crippen LogP contribution in [0.2, 0.25) is 0 Å². The maximum Gasteiger partial charge on any atom is 0.293 e. The molecule has 0 N–H and O–H groups in total. The number of hydrogen-bond acceptors (Lipinski definition) is 5. The molecular weight excluding hydrogens is 374 g/mol. The first-order chi connectivity index (χ1) is 13.5. The average molecular weight is 397 g/mol. The van der Waals surface area contributed by atoms with Gasteiger partial charge in [0.15, 0.2) is 0 Å². The highest BCUT2D eigenvalue weighted by molar-refractivity contribution is 8.18. The highest BCUT2D eigenvalue weighted by Gasteiger charge is 2.35. The molecule has 0 saturated carbocycles. The van der Waals surface area contributed by atoms with Gasteiger partial charge in [0, 0.05) is 11.6 Å². The SMILES string of the molecule is CCOc1ccc(/C=C2\SC(=O)N(Cc3cccc(C)c3)C2=O)c(OCC)c1. The third-order valence-corrected chi connectivity index (χ3v) is 5.09. The van der Waals surface area contributed by atoms with Gasteiger partial charge in [0.1, 0.15) is 11.5 Å². The summed E-state index contributed by atoms with van der Waals surface area (Å²) in [6, 6.07) is 13.3. The number of carbonyl (C=O) groups is 2. The summed E-state index contributed by atoms with van der Waals surface area (Å²) in [5, 5.41) is -0.262. The molecule has 1 saturated heterocycles. The Labute approximate surface area is 169 Å². The van der Waals surface area contributed by atoms with Crippen LogP contribution in [-0.4, -0.2) is 29.3 Å². The number of hydrogen-bond donors (Lipinski definition) is 0. The number of amides is 2. The van der Waals surface area contributed by atoms with Crippen molar-refractivity contribution >= 4 is 29.0 Å². The van der Waals surface area contributed by atoms with Crippen LogP contribution in [0.1, 0.15) is 30.5 Å². The van der Waals surface area contributed by atoms with Crippen molar-refractivity contribution in [1.29, 1.82) is 0 Å². The molecule has 3 rings (SSSR count). The maximum absolute atomic E-state index is 12.8. The Bertz CT molecular complexity index is 923. The van der Waals surface area contributed by atoms with Gasteiger partial charge in [0.25, 0.3) is 11.1 Å². The monoisotopic (exact) mass is 397 g/mol. The van der Waals surface area contributed by atoms with Gasteiger partial charge in [-0.3, -0.25) is 14.5 Å². The van der Waals surface area contributed by atoms with Crippen LogP contribution in [0.3, 0.4) is 0 Å². The Morgan fingerprint density at radius 1 is 1.04 bits per heavy atom. The fourth-order valence-electron chi connectivity index (χ4n) is 2.94. The molecule has 2 aromatic rings. The molecule has 6 heteroatoms. The van der Waals surface area contributed by atoms with Crippen molar-refractivity contribution in [3.63, 3.8) is 0 Å². The zero-order valence-electron chi connectivity index (χ0n) is 16.2. The fourth-order valence-corrected chi connectivity index (χ4v) is 3.77. The zero-order chi connectivity index (χ0) is 20.1. The van der Waals surface area contributed by atoms with Crippen LogP contribution < -0.4 is 9.47 Å². The summed E-state index contributed by atoms with van der Waals surface area (Å²) >= 11 is 0.953. The molecule has 2 aromatic carbocycles. The van der Waals surface area contributed by atoms with E-state index in [1.54, 1.807) is 12.1 Å². The molecule has 2 amide bonds. The smallest absolute Gasteiger partial charge is 0.293 e. The molecule has 1 fully saturated rings. The summed E-state index contributed by atoms with van der Waals surface area (Å²) < 4.78 is 11.2. The minimum Gasteiger partial charge on any atom is -0.494 e. The van der Waals surface area contributed by atoms with Gasteiger partial charge in [-0.15, -0.1) is 0 Å². The average Bonchev–Trinajstić information content (AvgIpc) is 2.92. The number of aryl methyl sites for hydroxylation is 1. The first-order valence-corrected chi connectivity index (χ1v) is 10.0. The normalized spacial score (nSPS) is 15.4. The summed E-state index contributed by atoms with van der Waals surface area (Å²) in [6.07, 6.45) is 1.71. The van der Waals surface area contributed by atoms with Crippen molar-refractivity contribution in [2.45, 2.75) is 27.3 Å². The lowest BCUT2D eigenvalue weighted by Crippen LogP contribution is -2.27. The van der Waals surface area contributed by atoms with Crippen LogP contribution in [-0.2, 0) is 11.3 Å². The lowest BCUT2D eigenvalue weighted by atomic mass is 10.1. The molecule has 146 valence electrons. The van der Waals surface area contributed by atoms with Crippen molar-refractivity contribution in [1.82, 2.24) is 4.90 Å². The van der Waals surface area contributed by atoms with Crippen molar-refractivity contribution in [3.05, 3.63) is 64.1 Å². The fraction of sp³-hybridized carbons (Fsp3) is 0.273. The Hall–Kier alpha value is -2.73. The van der Waals surface area contributed by atoms with Crippen molar-refractivity contribution < 1.29 is 19.1 Å². The second kappa shape index (κ2) is 8.97. The molecule has 0 aromatic heterocycles. The minimum atomic E-state index is -0.284. The Kier molecular flexibility index (Phi) is 6.41. The highest BCUT2D eigenvalue weighted by Crippen LogP contribution is 2.36. The van der Waals surface area contributed by atoms with Gasteiger partial charge in [-0.05, 0) is 56.3 Å². The predicted molar refractivity (Wildman–Crippen MR) is 111 cm³/mol. The van der Waals surface area contributed by atoms with Crippen LogP contribution in [0.25, 0.3) is 6.08 Å². The van der Waals surface area contributed by atoms with Gasteiger partial charge in [-0.2, -0.15) is 0 Å². The van der Waals surface area contributed by atoms with E-state index in [-0.39, 0.29) is 17.7 Å². The molecule has 1 heterocycles. The van der Waals surface area contributed by atoms with Gasteiger partial charge < -0.3 is 9.47 Å². The second-order valence-electron chi connectivity index (χ2n) is 6.32. The van der Waals surface area contributed by atoms with Crippen LogP contribution in [0, 0.1) is 6.92 Å². The van der Waals surface area contributed by atoms with Gasteiger partial charge >= 0.3 is 0 Å². The maximum atomic E-state index is 12.8. The van der Waals surface area contributed by atoms with Gasteiger partial charge in [0.2, 0.25) is 0 Å². The van der Waals surface area contributed by atoms with Crippen molar-refractivity contribution in [3.8, 4) is 11.5 Å². The van der Waals surface area contributed by atoms with E-state index in [2.05, 4.69) is 0 Å². The van der Waals surface area contributed by atoms with Crippen molar-refractivity contribution in [2.24, 2.45) is 0 Å². The quantitative estimate of drug-likeness (QED) is 0.614. The van der Waals surface area contributed by atoms with Gasteiger partial charge in [-0.25, -0.2) is 0 Å². The van der Waals surface area contributed by atoms with E-state index in [0.29, 0.717) is 29.6 Å². The minimum absolute atomic E-state index is 0.262. The highest BCUT2D eigenvalue weighted by atomic mass is 32.2. The van der Waals surface area contributed by atoms with Crippen LogP contribution in [0.4, 0.5) is 4.79 Å². The molecule has 0 spiro atoms. The van der Waals surface area contributed by atoms with Gasteiger partial charge in [-0.1, -0.05) is 29.8 Å². The first-order valence-electron chi connectivity index (χ1n) is 9.22. The zero-order valence-corrected chi connectivity index (χ0v) is 17.0. The Morgan fingerprint density at radius 3 is 2.54 bits per heavy atom.